The van der Waals surface area contributed by atoms with E-state index in [-0.39, 0.29) is 0 Å². The van der Waals surface area contributed by atoms with Gasteiger partial charge in [0.25, 0.3) is 0 Å². The van der Waals surface area contributed by atoms with Crippen molar-refractivity contribution >= 4 is 23.9 Å². The van der Waals surface area contributed by atoms with E-state index in [1.165, 1.54) is 11.1 Å². The van der Waals surface area contributed by atoms with Crippen molar-refractivity contribution in [1.29, 1.82) is 0 Å². The largest absolute Gasteiger partial charge is 0.497 e. The van der Waals surface area contributed by atoms with E-state index in [0.717, 1.165) is 11.5 Å². The van der Waals surface area contributed by atoms with Crippen LogP contribution >= 0.6 is 0 Å². The molecule has 0 saturated heterocycles. The number of methoxy groups -OCH3 is 2. The van der Waals surface area contributed by atoms with Crippen molar-refractivity contribution in [3.63, 3.8) is 0 Å². The first-order chi connectivity index (χ1) is 18.4. The summed E-state index contributed by atoms with van der Waals surface area (Å²) in [5.74, 6) is -0.457. The maximum absolute atomic E-state index is 10.8. The van der Waals surface area contributed by atoms with Gasteiger partial charge >= 0.3 is 23.9 Å². The molecule has 0 N–H and O–H groups in total. The van der Waals surface area contributed by atoms with Gasteiger partial charge in [-0.05, 0) is 59.7 Å². The number of esters is 4. The minimum Gasteiger partial charge on any atom is -0.497 e. The zero-order valence-electron chi connectivity index (χ0n) is 20.5. The summed E-state index contributed by atoms with van der Waals surface area (Å²) in [6.07, 6.45) is 0. The van der Waals surface area contributed by atoms with E-state index in [1.54, 1.807) is 62.8 Å². The van der Waals surface area contributed by atoms with Gasteiger partial charge < -0.3 is 18.9 Å². The topological polar surface area (TPSA) is 105 Å². The first-order valence-corrected chi connectivity index (χ1v) is 11.4. The Kier molecular flexibility index (Phi) is 7.93. The molecule has 0 unspecified atom stereocenters. The molecule has 0 spiro atoms. The standard InChI is InChI=1S/C14H14O2.2C8H4O3/c1-15-13-7-3-11(4-8-13)12-5-9-14(16-2)10-6-12;2*9-7-5-3-1-2-4-6(5)8(10)11-7/h3-10H,1-2H3;2*1-4H. The maximum Gasteiger partial charge on any atom is 0.346 e. The van der Waals surface area contributed by atoms with Gasteiger partial charge in [0.05, 0.1) is 36.5 Å². The van der Waals surface area contributed by atoms with Crippen LogP contribution in [0.15, 0.2) is 97.1 Å². The van der Waals surface area contributed by atoms with Gasteiger partial charge in [-0.3, -0.25) is 0 Å². The molecule has 0 fully saturated rings. The van der Waals surface area contributed by atoms with Crippen LogP contribution in [0.3, 0.4) is 0 Å². The average molecular weight is 510 g/mol. The van der Waals surface area contributed by atoms with Crippen molar-refractivity contribution in [1.82, 2.24) is 0 Å². The summed E-state index contributed by atoms with van der Waals surface area (Å²) in [6.45, 7) is 0. The molecule has 4 aromatic rings. The number of carbonyl (C=O) groups excluding carboxylic acids is 4. The number of ether oxygens (including phenoxy) is 4. The molecular weight excluding hydrogens is 488 g/mol. The number of benzene rings is 4. The zero-order chi connectivity index (χ0) is 27.1. The number of carbonyl (C=O) groups is 4. The Bertz CT molecular complexity index is 1310. The monoisotopic (exact) mass is 510 g/mol. The van der Waals surface area contributed by atoms with Crippen LogP contribution in [-0.2, 0) is 9.47 Å². The first kappa shape index (κ1) is 25.8. The molecule has 2 heterocycles. The van der Waals surface area contributed by atoms with E-state index < -0.39 is 23.9 Å². The van der Waals surface area contributed by atoms with Gasteiger partial charge in [-0.2, -0.15) is 0 Å². The van der Waals surface area contributed by atoms with Crippen LogP contribution in [0.25, 0.3) is 11.1 Å². The van der Waals surface area contributed by atoms with Crippen LogP contribution in [0, 0.1) is 0 Å². The maximum atomic E-state index is 10.8. The van der Waals surface area contributed by atoms with E-state index in [0.29, 0.717) is 22.3 Å². The molecule has 0 aromatic heterocycles. The van der Waals surface area contributed by atoms with E-state index in [2.05, 4.69) is 9.47 Å². The summed E-state index contributed by atoms with van der Waals surface area (Å²) < 4.78 is 19.0. The molecule has 0 atom stereocenters. The van der Waals surface area contributed by atoms with Crippen molar-refractivity contribution in [3.8, 4) is 22.6 Å². The minimum atomic E-state index is -0.550. The van der Waals surface area contributed by atoms with Gasteiger partial charge in [0.1, 0.15) is 11.5 Å². The summed E-state index contributed by atoms with van der Waals surface area (Å²) in [5, 5.41) is 0. The molecule has 8 nitrogen and oxygen atoms in total. The van der Waals surface area contributed by atoms with Crippen molar-refractivity contribution in [3.05, 3.63) is 119 Å². The molecule has 0 bridgehead atoms. The van der Waals surface area contributed by atoms with E-state index in [9.17, 15) is 19.2 Å². The molecule has 38 heavy (non-hydrogen) atoms. The molecule has 6 rings (SSSR count). The number of rotatable bonds is 3. The van der Waals surface area contributed by atoms with Gasteiger partial charge in [-0.25, -0.2) is 19.2 Å². The molecule has 0 amide bonds. The van der Waals surface area contributed by atoms with Crippen LogP contribution in [0.4, 0.5) is 0 Å². The molecule has 0 radical (unpaired) electrons. The summed E-state index contributed by atoms with van der Waals surface area (Å²) in [5.41, 5.74) is 3.77. The Labute approximate surface area is 218 Å². The fourth-order valence-corrected chi connectivity index (χ4v) is 3.63. The first-order valence-electron chi connectivity index (χ1n) is 11.4. The van der Waals surface area contributed by atoms with Crippen molar-refractivity contribution in [2.24, 2.45) is 0 Å². The van der Waals surface area contributed by atoms with Gasteiger partial charge in [0, 0.05) is 0 Å². The second-order valence-electron chi connectivity index (χ2n) is 7.90. The lowest BCUT2D eigenvalue weighted by molar-refractivity contribution is 0.0425. The van der Waals surface area contributed by atoms with Gasteiger partial charge in [-0.1, -0.05) is 48.5 Å². The van der Waals surface area contributed by atoms with Crippen molar-refractivity contribution in [2.45, 2.75) is 0 Å². The van der Waals surface area contributed by atoms with Crippen LogP contribution in [-0.4, -0.2) is 38.1 Å². The van der Waals surface area contributed by atoms with Crippen molar-refractivity contribution in [2.75, 3.05) is 14.2 Å². The Hall–Kier alpha value is -5.24. The highest BCUT2D eigenvalue weighted by Gasteiger charge is 2.29. The third-order valence-corrected chi connectivity index (χ3v) is 5.62. The lowest BCUT2D eigenvalue weighted by Crippen LogP contribution is -1.96. The Morgan fingerprint density at radius 3 is 0.921 bits per heavy atom. The van der Waals surface area contributed by atoms with Gasteiger partial charge in [-0.15, -0.1) is 0 Å². The fraction of sp³-hybridized carbons (Fsp3) is 0.0667. The lowest BCUT2D eigenvalue weighted by atomic mass is 10.1. The molecule has 4 aromatic carbocycles. The predicted molar refractivity (Wildman–Crippen MR) is 137 cm³/mol. The number of hydrogen-bond donors (Lipinski definition) is 0. The zero-order valence-corrected chi connectivity index (χ0v) is 20.5. The molecular formula is C30H22O8. The normalized spacial score (nSPS) is 12.6. The summed E-state index contributed by atoms with van der Waals surface area (Å²) in [7, 11) is 3.34. The molecule has 8 heteroatoms. The van der Waals surface area contributed by atoms with E-state index >= 15 is 0 Å². The second kappa shape index (κ2) is 11.7. The minimum absolute atomic E-state index is 0.359. The lowest BCUT2D eigenvalue weighted by Gasteiger charge is -2.05. The number of fused-ring (bicyclic) bond motifs is 2. The molecule has 190 valence electrons. The summed E-state index contributed by atoms with van der Waals surface area (Å²) in [4.78, 5) is 43.3. The number of cyclic esters (lactones) is 4. The average Bonchev–Trinajstić information content (AvgIpc) is 3.43. The Balaban J connectivity index is 0.000000136. The van der Waals surface area contributed by atoms with Crippen LogP contribution in [0.2, 0.25) is 0 Å². The Morgan fingerprint density at radius 1 is 0.421 bits per heavy atom. The number of hydrogen-bond acceptors (Lipinski definition) is 8. The van der Waals surface area contributed by atoms with E-state index in [4.69, 9.17) is 9.47 Å². The predicted octanol–water partition coefficient (Wildman–Crippen LogP) is 5.37. The molecule has 2 aliphatic heterocycles. The molecule has 0 saturated carbocycles. The second-order valence-corrected chi connectivity index (χ2v) is 7.90. The Morgan fingerprint density at radius 2 is 0.684 bits per heavy atom. The summed E-state index contributed by atoms with van der Waals surface area (Å²) >= 11 is 0. The molecule has 0 aliphatic carbocycles. The molecule has 2 aliphatic rings. The smallest absolute Gasteiger partial charge is 0.346 e. The highest BCUT2D eigenvalue weighted by molar-refractivity contribution is 6.15. The highest BCUT2D eigenvalue weighted by Crippen LogP contribution is 2.24. The quantitative estimate of drug-likeness (QED) is 0.268. The fourth-order valence-electron chi connectivity index (χ4n) is 3.63. The van der Waals surface area contributed by atoms with Crippen LogP contribution < -0.4 is 9.47 Å². The van der Waals surface area contributed by atoms with E-state index in [1.807, 2.05) is 48.5 Å². The highest BCUT2D eigenvalue weighted by atomic mass is 16.6. The van der Waals surface area contributed by atoms with Gasteiger partial charge in [0.15, 0.2) is 0 Å². The summed E-state index contributed by atoms with van der Waals surface area (Å²) in [6, 6.07) is 29.1. The van der Waals surface area contributed by atoms with Gasteiger partial charge in [0.2, 0.25) is 0 Å². The van der Waals surface area contributed by atoms with Crippen LogP contribution in [0.5, 0.6) is 11.5 Å². The third kappa shape index (κ3) is 5.76. The third-order valence-electron chi connectivity index (χ3n) is 5.62. The van der Waals surface area contributed by atoms with Crippen molar-refractivity contribution < 1.29 is 38.1 Å². The SMILES string of the molecule is COc1ccc(-c2ccc(OC)cc2)cc1.O=C1OC(=O)c2ccccc21.O=C1OC(=O)c2ccccc21. The van der Waals surface area contributed by atoms with Crippen LogP contribution in [0.1, 0.15) is 41.4 Å².